The van der Waals surface area contributed by atoms with Gasteiger partial charge in [0.05, 0.1) is 16.5 Å². The molecule has 7 heteroatoms. The van der Waals surface area contributed by atoms with Crippen molar-refractivity contribution in [2.45, 2.75) is 12.8 Å². The van der Waals surface area contributed by atoms with Crippen LogP contribution in [0.5, 0.6) is 0 Å². The van der Waals surface area contributed by atoms with Crippen LogP contribution in [0.25, 0.3) is 0 Å². The maximum atomic E-state index is 12.4. The van der Waals surface area contributed by atoms with E-state index in [1.54, 1.807) is 37.2 Å². The Hall–Kier alpha value is -2.26. The number of nitrogens with one attached hydrogen (secondary N) is 1. The molecule has 0 radical (unpaired) electrons. The third kappa shape index (κ3) is 4.14. The van der Waals surface area contributed by atoms with Crippen molar-refractivity contribution in [1.29, 1.82) is 5.26 Å². The van der Waals surface area contributed by atoms with Gasteiger partial charge in [0.15, 0.2) is 0 Å². The number of piperidine rings is 1. The number of carbonyl (C=O) groups is 2. The number of nitrogens with zero attached hydrogens (tertiary/aromatic N) is 3. The summed E-state index contributed by atoms with van der Waals surface area (Å²) in [6, 6.07) is 6.67. The molecule has 23 heavy (non-hydrogen) atoms. The minimum Gasteiger partial charge on any atom is -0.331 e. The summed E-state index contributed by atoms with van der Waals surface area (Å²) in [5.41, 5.74) is 0.917. The molecule has 1 N–H and O–H groups in total. The van der Waals surface area contributed by atoms with Crippen LogP contribution in [0, 0.1) is 17.2 Å². The summed E-state index contributed by atoms with van der Waals surface area (Å²) in [6.07, 6.45) is 1.54. The van der Waals surface area contributed by atoms with E-state index in [1.807, 2.05) is 6.07 Å². The van der Waals surface area contributed by atoms with Crippen molar-refractivity contribution in [3.63, 3.8) is 0 Å². The Labute approximate surface area is 140 Å². The van der Waals surface area contributed by atoms with Gasteiger partial charge >= 0.3 is 6.03 Å². The van der Waals surface area contributed by atoms with E-state index in [1.165, 1.54) is 4.90 Å². The van der Waals surface area contributed by atoms with Gasteiger partial charge in [-0.15, -0.1) is 0 Å². The number of anilines is 1. The Balaban J connectivity index is 2.01. The molecule has 1 atom stereocenters. The number of carbonyl (C=O) groups excluding carboxylic acids is 2. The molecule has 1 heterocycles. The lowest BCUT2D eigenvalue weighted by Crippen LogP contribution is -2.47. The second-order valence-corrected chi connectivity index (χ2v) is 6.17. The zero-order chi connectivity index (χ0) is 17.0. The Morgan fingerprint density at radius 1 is 1.43 bits per heavy atom. The molecule has 1 aromatic rings. The van der Waals surface area contributed by atoms with Crippen LogP contribution < -0.4 is 5.32 Å². The van der Waals surface area contributed by atoms with Gasteiger partial charge in [-0.1, -0.05) is 11.6 Å². The van der Waals surface area contributed by atoms with E-state index in [0.29, 0.717) is 29.4 Å². The maximum absolute atomic E-state index is 12.4. The predicted molar refractivity (Wildman–Crippen MR) is 88.2 cm³/mol. The van der Waals surface area contributed by atoms with Gasteiger partial charge in [-0.05, 0) is 31.0 Å². The summed E-state index contributed by atoms with van der Waals surface area (Å²) in [5.74, 6) is -0.385. The molecule has 1 unspecified atom stereocenters. The van der Waals surface area contributed by atoms with Crippen LogP contribution in [-0.2, 0) is 4.79 Å². The molecule has 2 rings (SSSR count). The number of nitriles is 1. The molecular formula is C16H19ClN4O2. The zero-order valence-electron chi connectivity index (χ0n) is 13.2. The van der Waals surface area contributed by atoms with Crippen molar-refractivity contribution in [2.75, 3.05) is 32.5 Å². The molecule has 0 bridgehead atoms. The van der Waals surface area contributed by atoms with Gasteiger partial charge in [0.25, 0.3) is 0 Å². The zero-order valence-corrected chi connectivity index (χ0v) is 13.9. The summed E-state index contributed by atoms with van der Waals surface area (Å²) < 4.78 is 0. The molecule has 122 valence electrons. The fraction of sp³-hybridized carbons (Fsp3) is 0.438. The van der Waals surface area contributed by atoms with Crippen molar-refractivity contribution in [3.8, 4) is 6.07 Å². The molecule has 1 fully saturated rings. The van der Waals surface area contributed by atoms with E-state index in [9.17, 15) is 9.59 Å². The Morgan fingerprint density at radius 3 is 2.78 bits per heavy atom. The average Bonchev–Trinajstić information content (AvgIpc) is 2.54. The SMILES string of the molecule is CN(C)C(=O)N1CCCC(C(=O)Nc2ccc(C#N)c(Cl)c2)C1. The summed E-state index contributed by atoms with van der Waals surface area (Å²) in [7, 11) is 3.40. The van der Waals surface area contributed by atoms with Crippen LogP contribution in [0.15, 0.2) is 18.2 Å². The number of likely N-dealkylation sites (tertiary alicyclic amines) is 1. The Kier molecular flexibility index (Phi) is 5.45. The van der Waals surface area contributed by atoms with Crippen LogP contribution in [0.2, 0.25) is 5.02 Å². The monoisotopic (exact) mass is 334 g/mol. The van der Waals surface area contributed by atoms with Gasteiger partial charge in [-0.25, -0.2) is 4.79 Å². The molecule has 1 aliphatic rings. The van der Waals surface area contributed by atoms with E-state index in [-0.39, 0.29) is 17.9 Å². The van der Waals surface area contributed by atoms with Crippen LogP contribution in [0.4, 0.5) is 10.5 Å². The van der Waals surface area contributed by atoms with Crippen molar-refractivity contribution in [3.05, 3.63) is 28.8 Å². The highest BCUT2D eigenvalue weighted by atomic mass is 35.5. The van der Waals surface area contributed by atoms with E-state index < -0.39 is 0 Å². The number of halogens is 1. The van der Waals surface area contributed by atoms with E-state index in [4.69, 9.17) is 16.9 Å². The molecule has 1 saturated heterocycles. The Morgan fingerprint density at radius 2 is 2.17 bits per heavy atom. The van der Waals surface area contributed by atoms with E-state index in [2.05, 4.69) is 5.32 Å². The first-order valence-electron chi connectivity index (χ1n) is 7.39. The lowest BCUT2D eigenvalue weighted by atomic mass is 9.97. The third-order valence-electron chi connectivity index (χ3n) is 3.80. The normalized spacial score (nSPS) is 17.3. The molecule has 0 saturated carbocycles. The molecule has 0 aromatic heterocycles. The average molecular weight is 335 g/mol. The standard InChI is InChI=1S/C16H19ClN4O2/c1-20(2)16(23)21-7-3-4-12(10-21)15(22)19-13-6-5-11(9-18)14(17)8-13/h5-6,8,12H,3-4,7,10H2,1-2H3,(H,19,22). The number of amides is 3. The van der Waals surface area contributed by atoms with E-state index in [0.717, 1.165) is 12.8 Å². The van der Waals surface area contributed by atoms with Crippen LogP contribution in [0.3, 0.4) is 0 Å². The lowest BCUT2D eigenvalue weighted by Gasteiger charge is -2.33. The maximum Gasteiger partial charge on any atom is 0.319 e. The summed E-state index contributed by atoms with van der Waals surface area (Å²) in [6.45, 7) is 1.08. The van der Waals surface area contributed by atoms with Crippen LogP contribution in [-0.4, -0.2) is 48.9 Å². The molecule has 6 nitrogen and oxygen atoms in total. The quantitative estimate of drug-likeness (QED) is 0.903. The number of rotatable bonds is 2. The number of hydrogen-bond donors (Lipinski definition) is 1. The first-order valence-corrected chi connectivity index (χ1v) is 7.77. The fourth-order valence-electron chi connectivity index (χ4n) is 2.58. The topological polar surface area (TPSA) is 76.4 Å². The first kappa shape index (κ1) is 17.1. The van der Waals surface area contributed by atoms with Gasteiger partial charge in [-0.2, -0.15) is 5.26 Å². The number of urea groups is 1. The third-order valence-corrected chi connectivity index (χ3v) is 4.12. The van der Waals surface area contributed by atoms with Crippen LogP contribution >= 0.6 is 11.6 Å². The lowest BCUT2D eigenvalue weighted by molar-refractivity contribution is -0.121. The highest BCUT2D eigenvalue weighted by Crippen LogP contribution is 2.23. The highest BCUT2D eigenvalue weighted by molar-refractivity contribution is 6.32. The molecule has 1 aliphatic heterocycles. The van der Waals surface area contributed by atoms with Crippen LogP contribution in [0.1, 0.15) is 18.4 Å². The van der Waals surface area contributed by atoms with Crippen molar-refractivity contribution >= 4 is 29.2 Å². The Bertz CT molecular complexity index is 654. The van der Waals surface area contributed by atoms with Gasteiger partial charge in [0.2, 0.25) is 5.91 Å². The highest BCUT2D eigenvalue weighted by Gasteiger charge is 2.29. The fourth-order valence-corrected chi connectivity index (χ4v) is 2.80. The minimum atomic E-state index is -0.248. The predicted octanol–water partition coefficient (Wildman–Crippen LogP) is 2.54. The van der Waals surface area contributed by atoms with Gasteiger partial charge in [0.1, 0.15) is 6.07 Å². The molecule has 3 amide bonds. The largest absolute Gasteiger partial charge is 0.331 e. The van der Waals surface area contributed by atoms with Gasteiger partial charge < -0.3 is 15.1 Å². The molecule has 0 spiro atoms. The van der Waals surface area contributed by atoms with Crippen molar-refractivity contribution < 1.29 is 9.59 Å². The second-order valence-electron chi connectivity index (χ2n) is 5.76. The minimum absolute atomic E-state index is 0.0797. The molecule has 0 aliphatic carbocycles. The van der Waals surface area contributed by atoms with E-state index >= 15 is 0 Å². The van der Waals surface area contributed by atoms with Gasteiger partial charge in [-0.3, -0.25) is 4.79 Å². The second kappa shape index (κ2) is 7.34. The summed E-state index contributed by atoms with van der Waals surface area (Å²) in [5, 5.41) is 12.0. The number of benzene rings is 1. The number of hydrogen-bond acceptors (Lipinski definition) is 3. The summed E-state index contributed by atoms with van der Waals surface area (Å²) >= 11 is 5.97. The van der Waals surface area contributed by atoms with Crippen molar-refractivity contribution in [2.24, 2.45) is 5.92 Å². The summed E-state index contributed by atoms with van der Waals surface area (Å²) in [4.78, 5) is 27.6. The van der Waals surface area contributed by atoms with Gasteiger partial charge in [0, 0.05) is 32.9 Å². The molecule has 1 aromatic carbocycles. The first-order chi connectivity index (χ1) is 10.9. The smallest absolute Gasteiger partial charge is 0.319 e. The molecular weight excluding hydrogens is 316 g/mol. The van der Waals surface area contributed by atoms with Crippen molar-refractivity contribution in [1.82, 2.24) is 9.80 Å².